The van der Waals surface area contributed by atoms with Gasteiger partial charge in [0.05, 0.1) is 17.2 Å². The Bertz CT molecular complexity index is 696. The van der Waals surface area contributed by atoms with Crippen LogP contribution in [0.15, 0.2) is 5.38 Å². The lowest BCUT2D eigenvalue weighted by atomic mass is 9.94. The zero-order chi connectivity index (χ0) is 17.9. The minimum Gasteiger partial charge on any atom is -0.375 e. The van der Waals surface area contributed by atoms with Crippen molar-refractivity contribution in [2.75, 3.05) is 36.9 Å². The number of anilines is 1. The Morgan fingerprint density at radius 3 is 2.72 bits per heavy atom. The number of carbonyl (C=O) groups is 1. The molecule has 0 saturated carbocycles. The Labute approximate surface area is 152 Å². The smallest absolute Gasteiger partial charge is 0.223 e. The number of rotatable bonds is 6. The number of nitrogens with two attached hydrogens (primary N) is 1. The fraction of sp³-hybridized carbons (Fsp3) is 0.750. The van der Waals surface area contributed by atoms with Crippen LogP contribution in [0.1, 0.15) is 31.4 Å². The number of aryl methyl sites for hydroxylation is 1. The maximum atomic E-state index is 12.3. The molecule has 0 aliphatic carbocycles. The average molecular weight is 387 g/mol. The van der Waals surface area contributed by atoms with Crippen LogP contribution >= 0.6 is 11.3 Å². The summed E-state index contributed by atoms with van der Waals surface area (Å²) in [6.07, 6.45) is 4.03. The van der Waals surface area contributed by atoms with Gasteiger partial charge in [0, 0.05) is 23.9 Å². The highest BCUT2D eigenvalue weighted by molar-refractivity contribution is 7.91. The summed E-state index contributed by atoms with van der Waals surface area (Å²) in [6.45, 7) is 2.28. The van der Waals surface area contributed by atoms with Crippen molar-refractivity contribution in [1.29, 1.82) is 0 Å². The fourth-order valence-corrected chi connectivity index (χ4v) is 6.01. The predicted octanol–water partition coefficient (Wildman–Crippen LogP) is 0.673. The summed E-state index contributed by atoms with van der Waals surface area (Å²) in [5, 5.41) is 5.56. The zero-order valence-electron chi connectivity index (χ0n) is 14.3. The average Bonchev–Trinajstić information content (AvgIpc) is 3.16. The van der Waals surface area contributed by atoms with E-state index in [0.717, 1.165) is 50.9 Å². The second kappa shape index (κ2) is 8.01. The number of amides is 1. The molecule has 2 saturated heterocycles. The lowest BCUT2D eigenvalue weighted by molar-refractivity contribution is -0.126. The fourth-order valence-electron chi connectivity index (χ4n) is 3.65. The van der Waals surface area contributed by atoms with E-state index in [9.17, 15) is 13.2 Å². The molecule has 9 heteroatoms. The largest absolute Gasteiger partial charge is 0.375 e. The Morgan fingerprint density at radius 2 is 2.12 bits per heavy atom. The zero-order valence-corrected chi connectivity index (χ0v) is 15.9. The van der Waals surface area contributed by atoms with Crippen LogP contribution in [0.2, 0.25) is 0 Å². The highest BCUT2D eigenvalue weighted by Gasteiger charge is 2.35. The number of sulfone groups is 1. The van der Waals surface area contributed by atoms with Gasteiger partial charge in [0.15, 0.2) is 15.0 Å². The number of nitrogen functional groups attached to an aromatic ring is 1. The number of piperidine rings is 1. The first-order valence-corrected chi connectivity index (χ1v) is 11.5. The molecular weight excluding hydrogens is 360 g/mol. The summed E-state index contributed by atoms with van der Waals surface area (Å²) in [6, 6.07) is 0.152. The van der Waals surface area contributed by atoms with E-state index in [2.05, 4.69) is 15.2 Å². The third-order valence-corrected chi connectivity index (χ3v) is 7.58. The first-order chi connectivity index (χ1) is 11.9. The van der Waals surface area contributed by atoms with E-state index in [1.54, 1.807) is 0 Å². The van der Waals surface area contributed by atoms with Crippen LogP contribution in [0, 0.1) is 5.92 Å². The molecule has 1 atom stereocenters. The molecule has 140 valence electrons. The molecule has 1 amide bonds. The molecule has 3 N–H and O–H groups in total. The van der Waals surface area contributed by atoms with Gasteiger partial charge in [-0.15, -0.1) is 11.3 Å². The number of hydrogen-bond donors (Lipinski definition) is 2. The number of nitrogens with zero attached hydrogens (tertiary/aromatic N) is 2. The summed E-state index contributed by atoms with van der Waals surface area (Å²) in [7, 11) is -2.84. The molecule has 0 aromatic carbocycles. The quantitative estimate of drug-likeness (QED) is 0.696. The van der Waals surface area contributed by atoms with Crippen molar-refractivity contribution in [2.45, 2.75) is 38.1 Å². The van der Waals surface area contributed by atoms with Gasteiger partial charge < -0.3 is 11.1 Å². The minimum atomic E-state index is -2.84. The lowest BCUT2D eigenvalue weighted by Crippen LogP contribution is -2.45. The highest BCUT2D eigenvalue weighted by Crippen LogP contribution is 2.24. The lowest BCUT2D eigenvalue weighted by Gasteiger charge is -2.34. The van der Waals surface area contributed by atoms with Gasteiger partial charge in [0.2, 0.25) is 5.91 Å². The summed E-state index contributed by atoms with van der Waals surface area (Å²) in [5.41, 5.74) is 6.58. The third kappa shape index (κ3) is 5.15. The van der Waals surface area contributed by atoms with Gasteiger partial charge >= 0.3 is 0 Å². The van der Waals surface area contributed by atoms with Gasteiger partial charge in [0.1, 0.15) is 0 Å². The molecule has 1 aromatic heterocycles. The van der Waals surface area contributed by atoms with Crippen LogP contribution in [-0.2, 0) is 21.1 Å². The van der Waals surface area contributed by atoms with E-state index < -0.39 is 9.84 Å². The standard InChI is InChI=1S/C16H26N4O3S2/c17-16-19-13(10-24-16)2-1-6-18-15(21)12-3-7-20(8-4-12)14-5-9-25(22,23)11-14/h10,12,14H,1-9,11H2,(H2,17,19)(H,18,21)/t14-/m1/s1. The summed E-state index contributed by atoms with van der Waals surface area (Å²) >= 11 is 1.44. The van der Waals surface area contributed by atoms with Gasteiger partial charge in [-0.3, -0.25) is 9.69 Å². The normalized spacial score (nSPS) is 24.4. The molecule has 2 aliphatic rings. The van der Waals surface area contributed by atoms with Crippen molar-refractivity contribution >= 4 is 32.2 Å². The van der Waals surface area contributed by atoms with Crippen molar-refractivity contribution < 1.29 is 13.2 Å². The van der Waals surface area contributed by atoms with E-state index in [-0.39, 0.29) is 23.6 Å². The second-order valence-corrected chi connectivity index (χ2v) is 10.1. The molecule has 7 nitrogen and oxygen atoms in total. The van der Waals surface area contributed by atoms with Crippen molar-refractivity contribution in [3.8, 4) is 0 Å². The Hall–Kier alpha value is -1.19. The first kappa shape index (κ1) is 18.6. The second-order valence-electron chi connectivity index (χ2n) is 6.94. The summed E-state index contributed by atoms with van der Waals surface area (Å²) in [5.74, 6) is 0.758. The topological polar surface area (TPSA) is 105 Å². The Kier molecular flexibility index (Phi) is 5.96. The van der Waals surface area contributed by atoms with Crippen molar-refractivity contribution in [2.24, 2.45) is 5.92 Å². The number of carbonyl (C=O) groups excluding carboxylic acids is 1. The van der Waals surface area contributed by atoms with Crippen LogP contribution in [0.4, 0.5) is 5.13 Å². The third-order valence-electron chi connectivity index (χ3n) is 5.10. The molecule has 3 rings (SSSR count). The number of hydrogen-bond acceptors (Lipinski definition) is 7. The molecular formula is C16H26N4O3S2. The Morgan fingerprint density at radius 1 is 1.36 bits per heavy atom. The number of thiazole rings is 1. The highest BCUT2D eigenvalue weighted by atomic mass is 32.2. The van der Waals surface area contributed by atoms with Crippen LogP contribution < -0.4 is 11.1 Å². The molecule has 25 heavy (non-hydrogen) atoms. The maximum Gasteiger partial charge on any atom is 0.223 e. The first-order valence-electron chi connectivity index (χ1n) is 8.85. The van der Waals surface area contributed by atoms with Crippen LogP contribution in [0.5, 0.6) is 0 Å². The Balaban J connectivity index is 1.34. The molecule has 0 spiro atoms. The van der Waals surface area contributed by atoms with Gasteiger partial charge in [-0.1, -0.05) is 0 Å². The van der Waals surface area contributed by atoms with Crippen molar-refractivity contribution in [1.82, 2.24) is 15.2 Å². The molecule has 2 aliphatic heterocycles. The summed E-state index contributed by atoms with van der Waals surface area (Å²) < 4.78 is 23.2. The molecule has 0 unspecified atom stereocenters. The molecule has 0 radical (unpaired) electrons. The molecule has 1 aromatic rings. The van der Waals surface area contributed by atoms with Gasteiger partial charge in [-0.2, -0.15) is 0 Å². The van der Waals surface area contributed by atoms with E-state index in [0.29, 0.717) is 17.4 Å². The number of aromatic nitrogens is 1. The monoisotopic (exact) mass is 386 g/mol. The molecule has 2 fully saturated rings. The van der Waals surface area contributed by atoms with E-state index in [4.69, 9.17) is 5.73 Å². The SMILES string of the molecule is Nc1nc(CCCNC(=O)C2CCN([C@@H]3CCS(=O)(=O)C3)CC2)cs1. The summed E-state index contributed by atoms with van der Waals surface area (Å²) in [4.78, 5) is 18.7. The van der Waals surface area contributed by atoms with Gasteiger partial charge in [-0.25, -0.2) is 13.4 Å². The van der Waals surface area contributed by atoms with E-state index in [1.807, 2.05) is 5.38 Å². The van der Waals surface area contributed by atoms with Gasteiger partial charge in [-0.05, 0) is 45.2 Å². The van der Waals surface area contributed by atoms with Crippen molar-refractivity contribution in [3.63, 3.8) is 0 Å². The van der Waals surface area contributed by atoms with Crippen molar-refractivity contribution in [3.05, 3.63) is 11.1 Å². The predicted molar refractivity (Wildman–Crippen MR) is 99.2 cm³/mol. The van der Waals surface area contributed by atoms with Crippen LogP contribution in [-0.4, -0.2) is 61.4 Å². The molecule has 0 bridgehead atoms. The number of nitrogens with one attached hydrogen (secondary N) is 1. The molecule has 3 heterocycles. The maximum absolute atomic E-state index is 12.3. The minimum absolute atomic E-state index is 0.0455. The van der Waals surface area contributed by atoms with E-state index >= 15 is 0 Å². The van der Waals surface area contributed by atoms with Crippen LogP contribution in [0.3, 0.4) is 0 Å². The van der Waals surface area contributed by atoms with E-state index in [1.165, 1.54) is 11.3 Å². The number of likely N-dealkylation sites (tertiary alicyclic amines) is 1. The van der Waals surface area contributed by atoms with Gasteiger partial charge in [0.25, 0.3) is 0 Å². The van der Waals surface area contributed by atoms with Crippen LogP contribution in [0.25, 0.3) is 0 Å².